The molecule has 0 saturated carbocycles. The Morgan fingerprint density at radius 3 is 3.18 bits per heavy atom. The minimum Gasteiger partial charge on any atom is -0.316 e. The second-order valence-corrected chi connectivity index (χ2v) is 4.04. The van der Waals surface area contributed by atoms with Crippen molar-refractivity contribution in [2.24, 2.45) is 0 Å². The smallest absolute Gasteiger partial charge is 0.00888 e. The molecule has 0 bridgehead atoms. The molecule has 0 radical (unpaired) electrons. The molecule has 2 rings (SSSR count). The van der Waals surface area contributed by atoms with Gasteiger partial charge in [-0.05, 0) is 30.8 Å². The predicted octanol–water partition coefficient (Wildman–Crippen LogP) is 2.22. The fraction of sp³-hybridized carbons (Fsp3) is 0.556. The van der Waals surface area contributed by atoms with Gasteiger partial charge in [-0.2, -0.15) is 0 Å². The molecule has 0 unspecified atom stereocenters. The highest BCUT2D eigenvalue weighted by atomic mass is 32.1. The van der Waals surface area contributed by atoms with E-state index in [4.69, 9.17) is 0 Å². The number of piperidine rings is 1. The van der Waals surface area contributed by atoms with Gasteiger partial charge in [0.2, 0.25) is 0 Å². The molecule has 1 aliphatic rings. The van der Waals surface area contributed by atoms with Gasteiger partial charge in [0.05, 0.1) is 0 Å². The highest BCUT2D eigenvalue weighted by Crippen LogP contribution is 2.26. The van der Waals surface area contributed by atoms with Gasteiger partial charge >= 0.3 is 0 Å². The summed E-state index contributed by atoms with van der Waals surface area (Å²) in [6, 6.07) is 4.40. The highest BCUT2D eigenvalue weighted by molar-refractivity contribution is 7.10. The Morgan fingerprint density at radius 2 is 2.55 bits per heavy atom. The summed E-state index contributed by atoms with van der Waals surface area (Å²) in [7, 11) is 0. The molecule has 0 aliphatic carbocycles. The molecule has 0 spiro atoms. The van der Waals surface area contributed by atoms with E-state index in [1.54, 1.807) is 4.88 Å². The Labute approximate surface area is 71.4 Å². The molecule has 1 aromatic heterocycles. The van der Waals surface area contributed by atoms with Crippen molar-refractivity contribution in [1.82, 2.24) is 5.32 Å². The lowest BCUT2D eigenvalue weighted by molar-refractivity contribution is 0.466. The molecule has 1 saturated heterocycles. The maximum Gasteiger partial charge on any atom is 0.00888 e. The first-order valence-corrected chi connectivity index (χ1v) is 5.09. The van der Waals surface area contributed by atoms with Crippen LogP contribution in [0.25, 0.3) is 0 Å². The van der Waals surface area contributed by atoms with Crippen LogP contribution in [0.15, 0.2) is 17.5 Å². The number of thiophene rings is 1. The van der Waals surface area contributed by atoms with Crippen molar-refractivity contribution in [2.75, 3.05) is 13.1 Å². The van der Waals surface area contributed by atoms with E-state index < -0.39 is 0 Å². The first-order valence-electron chi connectivity index (χ1n) is 4.21. The lowest BCUT2D eigenvalue weighted by Gasteiger charge is -2.21. The van der Waals surface area contributed by atoms with Crippen LogP contribution in [0.1, 0.15) is 23.6 Å². The average Bonchev–Trinajstić information content (AvgIpc) is 2.58. The van der Waals surface area contributed by atoms with Gasteiger partial charge < -0.3 is 5.32 Å². The molecular formula is C9H13NS. The van der Waals surface area contributed by atoms with Gasteiger partial charge in [0.25, 0.3) is 0 Å². The van der Waals surface area contributed by atoms with Gasteiger partial charge in [-0.15, -0.1) is 11.3 Å². The largest absolute Gasteiger partial charge is 0.316 e. The van der Waals surface area contributed by atoms with E-state index in [2.05, 4.69) is 22.8 Å². The fourth-order valence-electron chi connectivity index (χ4n) is 1.62. The summed E-state index contributed by atoms with van der Waals surface area (Å²) < 4.78 is 0. The zero-order valence-electron chi connectivity index (χ0n) is 6.55. The number of hydrogen-bond acceptors (Lipinski definition) is 2. The quantitative estimate of drug-likeness (QED) is 0.676. The molecule has 0 amide bonds. The number of nitrogens with one attached hydrogen (secondary N) is 1. The first-order chi connectivity index (χ1) is 5.47. The predicted molar refractivity (Wildman–Crippen MR) is 49.2 cm³/mol. The third-order valence-electron chi connectivity index (χ3n) is 2.24. The Balaban J connectivity index is 2.04. The molecule has 1 atom stereocenters. The number of rotatable bonds is 1. The van der Waals surface area contributed by atoms with Gasteiger partial charge in [0.15, 0.2) is 0 Å². The van der Waals surface area contributed by atoms with Crippen LogP contribution in [-0.4, -0.2) is 13.1 Å². The normalized spacial score (nSPS) is 25.3. The van der Waals surface area contributed by atoms with E-state index in [1.807, 2.05) is 11.3 Å². The molecule has 1 aromatic rings. The van der Waals surface area contributed by atoms with Crippen LogP contribution in [-0.2, 0) is 0 Å². The second-order valence-electron chi connectivity index (χ2n) is 3.06. The van der Waals surface area contributed by atoms with Crippen molar-refractivity contribution in [3.05, 3.63) is 22.4 Å². The molecule has 1 nitrogen and oxygen atoms in total. The Kier molecular flexibility index (Phi) is 2.24. The average molecular weight is 167 g/mol. The monoisotopic (exact) mass is 167 g/mol. The van der Waals surface area contributed by atoms with E-state index >= 15 is 0 Å². The summed E-state index contributed by atoms with van der Waals surface area (Å²) in [5.41, 5.74) is 0. The Hall–Kier alpha value is -0.340. The van der Waals surface area contributed by atoms with E-state index in [1.165, 1.54) is 25.9 Å². The summed E-state index contributed by atoms with van der Waals surface area (Å²) >= 11 is 1.89. The SMILES string of the molecule is c1csc([C@@H]2CCCNC2)c1. The van der Waals surface area contributed by atoms with E-state index in [9.17, 15) is 0 Å². The summed E-state index contributed by atoms with van der Waals surface area (Å²) in [5, 5.41) is 5.60. The zero-order valence-corrected chi connectivity index (χ0v) is 7.36. The fourth-order valence-corrected chi connectivity index (χ4v) is 2.48. The van der Waals surface area contributed by atoms with Crippen molar-refractivity contribution in [3.63, 3.8) is 0 Å². The van der Waals surface area contributed by atoms with Crippen molar-refractivity contribution in [3.8, 4) is 0 Å². The first kappa shape index (κ1) is 7.32. The molecule has 1 N–H and O–H groups in total. The molecule has 2 heteroatoms. The third-order valence-corrected chi connectivity index (χ3v) is 3.28. The number of hydrogen-bond donors (Lipinski definition) is 1. The van der Waals surface area contributed by atoms with Crippen molar-refractivity contribution in [2.45, 2.75) is 18.8 Å². The van der Waals surface area contributed by atoms with Crippen LogP contribution in [0.2, 0.25) is 0 Å². The Bertz CT molecular complexity index is 199. The van der Waals surface area contributed by atoms with E-state index in [0.29, 0.717) is 0 Å². The summed E-state index contributed by atoms with van der Waals surface area (Å²) in [5.74, 6) is 0.795. The second kappa shape index (κ2) is 3.37. The van der Waals surface area contributed by atoms with E-state index in [0.717, 1.165) is 5.92 Å². The Morgan fingerprint density at radius 1 is 1.55 bits per heavy atom. The molecular weight excluding hydrogens is 154 g/mol. The van der Waals surface area contributed by atoms with Gasteiger partial charge in [0, 0.05) is 17.3 Å². The van der Waals surface area contributed by atoms with Crippen LogP contribution in [0.3, 0.4) is 0 Å². The van der Waals surface area contributed by atoms with Crippen LogP contribution in [0.5, 0.6) is 0 Å². The van der Waals surface area contributed by atoms with Crippen molar-refractivity contribution in [1.29, 1.82) is 0 Å². The molecule has 11 heavy (non-hydrogen) atoms. The molecule has 2 heterocycles. The summed E-state index contributed by atoms with van der Waals surface area (Å²) in [6.45, 7) is 2.39. The minimum absolute atomic E-state index is 0.795. The van der Waals surface area contributed by atoms with Crippen LogP contribution in [0, 0.1) is 0 Å². The van der Waals surface area contributed by atoms with Gasteiger partial charge in [-0.3, -0.25) is 0 Å². The molecule has 1 aliphatic heterocycles. The lowest BCUT2D eigenvalue weighted by atomic mass is 9.98. The standard InChI is InChI=1S/C9H13NS/c1-3-8(7-10-5-1)9-4-2-6-11-9/h2,4,6,8,10H,1,3,5,7H2/t8-/m1/s1. The van der Waals surface area contributed by atoms with Crippen LogP contribution in [0.4, 0.5) is 0 Å². The maximum atomic E-state index is 3.43. The minimum atomic E-state index is 0.795. The van der Waals surface area contributed by atoms with Crippen LogP contribution < -0.4 is 5.32 Å². The highest BCUT2D eigenvalue weighted by Gasteiger charge is 2.14. The van der Waals surface area contributed by atoms with Crippen molar-refractivity contribution >= 4 is 11.3 Å². The molecule has 1 fully saturated rings. The maximum absolute atomic E-state index is 3.43. The van der Waals surface area contributed by atoms with Crippen LogP contribution >= 0.6 is 11.3 Å². The summed E-state index contributed by atoms with van der Waals surface area (Å²) in [6.07, 6.45) is 2.70. The van der Waals surface area contributed by atoms with Gasteiger partial charge in [0.1, 0.15) is 0 Å². The van der Waals surface area contributed by atoms with Gasteiger partial charge in [-0.25, -0.2) is 0 Å². The third kappa shape index (κ3) is 1.63. The molecule has 0 aromatic carbocycles. The van der Waals surface area contributed by atoms with Gasteiger partial charge in [-0.1, -0.05) is 6.07 Å². The molecule has 60 valence electrons. The van der Waals surface area contributed by atoms with Crippen molar-refractivity contribution < 1.29 is 0 Å². The van der Waals surface area contributed by atoms with E-state index in [-0.39, 0.29) is 0 Å². The topological polar surface area (TPSA) is 12.0 Å². The summed E-state index contributed by atoms with van der Waals surface area (Å²) in [4.78, 5) is 1.55. The zero-order chi connectivity index (χ0) is 7.52. The lowest BCUT2D eigenvalue weighted by Crippen LogP contribution is -2.27.